The van der Waals surface area contributed by atoms with Gasteiger partial charge in [0.05, 0.1) is 5.69 Å². The van der Waals surface area contributed by atoms with Gasteiger partial charge < -0.3 is 5.11 Å². The first-order valence-electron chi connectivity index (χ1n) is 11.3. The van der Waals surface area contributed by atoms with Crippen molar-refractivity contribution in [3.8, 4) is 11.4 Å². The molecule has 0 aliphatic carbocycles. The van der Waals surface area contributed by atoms with Crippen molar-refractivity contribution >= 4 is 11.0 Å². The number of benzene rings is 2. The van der Waals surface area contributed by atoms with Crippen LogP contribution < -0.4 is 0 Å². The molecule has 1 aromatic heterocycles. The second-order valence-corrected chi connectivity index (χ2v) is 8.12. The Morgan fingerprint density at radius 2 is 1.31 bits per heavy atom. The van der Waals surface area contributed by atoms with Crippen molar-refractivity contribution in [2.24, 2.45) is 0 Å². The van der Waals surface area contributed by atoms with Gasteiger partial charge in [-0.2, -0.15) is 4.80 Å². The van der Waals surface area contributed by atoms with Gasteiger partial charge in [0.25, 0.3) is 0 Å². The van der Waals surface area contributed by atoms with Crippen LogP contribution in [0.25, 0.3) is 16.7 Å². The van der Waals surface area contributed by atoms with Gasteiger partial charge in [-0.3, -0.25) is 0 Å². The van der Waals surface area contributed by atoms with Crippen molar-refractivity contribution < 1.29 is 5.11 Å². The molecule has 0 saturated carbocycles. The molecule has 0 amide bonds. The minimum absolute atomic E-state index is 0.388. The number of fused-ring (bicyclic) bond motifs is 1. The molecule has 0 saturated heterocycles. The average molecular weight is 394 g/mol. The molecule has 4 nitrogen and oxygen atoms in total. The van der Waals surface area contributed by atoms with E-state index >= 15 is 0 Å². The Hall–Kier alpha value is -2.36. The molecule has 0 bridgehead atoms. The van der Waals surface area contributed by atoms with Crippen molar-refractivity contribution in [3.05, 3.63) is 47.5 Å². The standard InChI is InChI=1S/C25H35N3O/c1-3-4-5-6-7-8-9-10-11-12-15-21-20(2)24(18-19-25(21)29)28-26-22-16-13-14-17-23(22)27-28/h13-14,16-19,29H,3-12,15H2,1-2H3. The molecule has 0 unspecified atom stereocenters. The highest BCUT2D eigenvalue weighted by Crippen LogP contribution is 2.28. The molecule has 0 aliphatic heterocycles. The molecular formula is C25H35N3O. The van der Waals surface area contributed by atoms with Crippen LogP contribution >= 0.6 is 0 Å². The number of phenols is 1. The zero-order chi connectivity index (χ0) is 20.5. The van der Waals surface area contributed by atoms with Gasteiger partial charge in [0.2, 0.25) is 0 Å². The van der Waals surface area contributed by atoms with Gasteiger partial charge in [0.15, 0.2) is 0 Å². The molecule has 29 heavy (non-hydrogen) atoms. The minimum atomic E-state index is 0.388. The van der Waals surface area contributed by atoms with E-state index in [2.05, 4.69) is 24.0 Å². The number of aromatic hydroxyl groups is 1. The molecule has 0 fully saturated rings. The summed E-state index contributed by atoms with van der Waals surface area (Å²) in [6.45, 7) is 4.33. The van der Waals surface area contributed by atoms with Crippen LogP contribution in [-0.4, -0.2) is 20.1 Å². The van der Waals surface area contributed by atoms with E-state index in [-0.39, 0.29) is 0 Å². The summed E-state index contributed by atoms with van der Waals surface area (Å²) in [7, 11) is 0. The van der Waals surface area contributed by atoms with E-state index < -0.39 is 0 Å². The maximum atomic E-state index is 10.4. The fraction of sp³-hybridized carbons (Fsp3) is 0.520. The molecular weight excluding hydrogens is 358 g/mol. The molecule has 1 N–H and O–H groups in total. The number of hydrogen-bond acceptors (Lipinski definition) is 3. The Morgan fingerprint density at radius 3 is 1.90 bits per heavy atom. The van der Waals surface area contributed by atoms with Gasteiger partial charge in [-0.1, -0.05) is 76.8 Å². The second kappa shape index (κ2) is 11.0. The molecule has 0 atom stereocenters. The molecule has 156 valence electrons. The fourth-order valence-corrected chi connectivity index (χ4v) is 4.02. The van der Waals surface area contributed by atoms with Crippen LogP contribution in [0.4, 0.5) is 0 Å². The average Bonchev–Trinajstić information content (AvgIpc) is 3.15. The van der Waals surface area contributed by atoms with Crippen LogP contribution in [0.3, 0.4) is 0 Å². The number of unbranched alkanes of at least 4 members (excludes halogenated alkanes) is 9. The van der Waals surface area contributed by atoms with Crippen LogP contribution in [0.15, 0.2) is 36.4 Å². The number of nitrogens with zero attached hydrogens (tertiary/aromatic N) is 3. The second-order valence-electron chi connectivity index (χ2n) is 8.12. The maximum Gasteiger partial charge on any atom is 0.119 e. The zero-order valence-corrected chi connectivity index (χ0v) is 18.0. The number of hydrogen-bond donors (Lipinski definition) is 1. The highest BCUT2D eigenvalue weighted by atomic mass is 16.3. The van der Waals surface area contributed by atoms with E-state index in [1.165, 1.54) is 57.8 Å². The van der Waals surface area contributed by atoms with Gasteiger partial charge in [-0.15, -0.1) is 10.2 Å². The van der Waals surface area contributed by atoms with Crippen LogP contribution in [0.2, 0.25) is 0 Å². The Labute approximate surface area is 175 Å². The summed E-state index contributed by atoms with van der Waals surface area (Å²) < 4.78 is 0. The normalized spacial score (nSPS) is 11.4. The smallest absolute Gasteiger partial charge is 0.119 e. The third-order valence-corrected chi connectivity index (χ3v) is 5.83. The lowest BCUT2D eigenvalue weighted by atomic mass is 9.98. The molecule has 0 aliphatic rings. The van der Waals surface area contributed by atoms with Crippen molar-refractivity contribution in [3.63, 3.8) is 0 Å². The summed E-state index contributed by atoms with van der Waals surface area (Å²) in [5.41, 5.74) is 4.82. The van der Waals surface area contributed by atoms with E-state index in [9.17, 15) is 5.11 Å². The fourth-order valence-electron chi connectivity index (χ4n) is 4.02. The van der Waals surface area contributed by atoms with Crippen LogP contribution in [0.5, 0.6) is 5.75 Å². The number of rotatable bonds is 12. The van der Waals surface area contributed by atoms with Crippen LogP contribution in [0.1, 0.15) is 82.3 Å². The molecule has 3 rings (SSSR count). The molecule has 4 heteroatoms. The Morgan fingerprint density at radius 1 is 0.759 bits per heavy atom. The van der Waals surface area contributed by atoms with Crippen molar-refractivity contribution in [2.75, 3.05) is 0 Å². The Kier molecular flexibility index (Phi) is 8.09. The Balaban J connectivity index is 1.52. The van der Waals surface area contributed by atoms with Crippen LogP contribution in [0, 0.1) is 6.92 Å². The molecule has 0 spiro atoms. The summed E-state index contributed by atoms with van der Waals surface area (Å²) in [4.78, 5) is 1.70. The number of aromatic nitrogens is 3. The molecule has 0 radical (unpaired) electrons. The van der Waals surface area contributed by atoms with E-state index in [0.717, 1.165) is 40.7 Å². The van der Waals surface area contributed by atoms with E-state index in [1.807, 2.05) is 30.3 Å². The molecule has 3 aromatic rings. The van der Waals surface area contributed by atoms with Crippen molar-refractivity contribution in [2.45, 2.75) is 84.5 Å². The third-order valence-electron chi connectivity index (χ3n) is 5.83. The summed E-state index contributed by atoms with van der Waals surface area (Å²) in [5, 5.41) is 19.6. The zero-order valence-electron chi connectivity index (χ0n) is 18.0. The van der Waals surface area contributed by atoms with Gasteiger partial charge >= 0.3 is 0 Å². The minimum Gasteiger partial charge on any atom is -0.508 e. The quantitative estimate of drug-likeness (QED) is 0.341. The lowest BCUT2D eigenvalue weighted by molar-refractivity contribution is 0.464. The van der Waals surface area contributed by atoms with Crippen molar-refractivity contribution in [1.29, 1.82) is 0 Å². The van der Waals surface area contributed by atoms with E-state index in [1.54, 1.807) is 10.9 Å². The molecule has 2 aromatic carbocycles. The van der Waals surface area contributed by atoms with Crippen LogP contribution in [-0.2, 0) is 6.42 Å². The lowest BCUT2D eigenvalue weighted by Gasteiger charge is -2.12. The lowest BCUT2D eigenvalue weighted by Crippen LogP contribution is -2.04. The largest absolute Gasteiger partial charge is 0.508 e. The topological polar surface area (TPSA) is 50.9 Å². The van der Waals surface area contributed by atoms with E-state index in [4.69, 9.17) is 0 Å². The van der Waals surface area contributed by atoms with Gasteiger partial charge in [0.1, 0.15) is 16.8 Å². The number of phenolic OH excluding ortho intramolecular Hbond substituents is 1. The Bertz CT molecular complexity index is 867. The predicted octanol–water partition coefficient (Wildman–Crippen LogP) is 6.90. The SMILES string of the molecule is CCCCCCCCCCCCc1c(O)ccc(-n2nc3ccccc3n2)c1C. The summed E-state index contributed by atoms with van der Waals surface area (Å²) >= 11 is 0. The van der Waals surface area contributed by atoms with Gasteiger partial charge in [0, 0.05) is 0 Å². The monoisotopic (exact) mass is 393 g/mol. The first-order valence-corrected chi connectivity index (χ1v) is 11.3. The highest BCUT2D eigenvalue weighted by molar-refractivity contribution is 5.73. The molecule has 1 heterocycles. The summed E-state index contributed by atoms with van der Waals surface area (Å²) in [6, 6.07) is 11.6. The third kappa shape index (κ3) is 5.81. The summed E-state index contributed by atoms with van der Waals surface area (Å²) in [6.07, 6.45) is 14.1. The highest BCUT2D eigenvalue weighted by Gasteiger charge is 2.13. The van der Waals surface area contributed by atoms with Gasteiger partial charge in [-0.05, 0) is 55.2 Å². The first kappa shape index (κ1) is 21.4. The van der Waals surface area contributed by atoms with Gasteiger partial charge in [-0.25, -0.2) is 0 Å². The van der Waals surface area contributed by atoms with Crippen molar-refractivity contribution in [1.82, 2.24) is 15.0 Å². The predicted molar refractivity (Wildman–Crippen MR) is 121 cm³/mol. The van der Waals surface area contributed by atoms with E-state index in [0.29, 0.717) is 5.75 Å². The first-order chi connectivity index (χ1) is 14.2. The maximum absolute atomic E-state index is 10.4. The summed E-state index contributed by atoms with van der Waals surface area (Å²) in [5.74, 6) is 0.388.